The lowest BCUT2D eigenvalue weighted by Crippen LogP contribution is -2.06. The third-order valence-corrected chi connectivity index (χ3v) is 5.74. The third-order valence-electron chi connectivity index (χ3n) is 3.90. The Morgan fingerprint density at radius 2 is 1.56 bits per heavy atom. The number of nitrogens with two attached hydrogens (primary N) is 1. The highest BCUT2D eigenvalue weighted by molar-refractivity contribution is 7.99. The van der Waals surface area contributed by atoms with Crippen LogP contribution in [0.3, 0.4) is 0 Å². The highest BCUT2D eigenvalue weighted by Crippen LogP contribution is 2.44. The predicted molar refractivity (Wildman–Crippen MR) is 106 cm³/mol. The highest BCUT2D eigenvalue weighted by Gasteiger charge is 2.20. The highest BCUT2D eigenvalue weighted by atomic mass is 35.5. The first-order chi connectivity index (χ1) is 12.1. The lowest BCUT2D eigenvalue weighted by atomic mass is 10.0. The van der Waals surface area contributed by atoms with E-state index in [1.54, 1.807) is 11.8 Å². The van der Waals surface area contributed by atoms with Gasteiger partial charge in [0.1, 0.15) is 0 Å². The molecule has 0 heterocycles. The number of Topliss-reactive ketones (excluding diaryl/α,β-unsaturated/α-hetero) is 1. The molecule has 3 aromatic carbocycles. The molecule has 1 atom stereocenters. The van der Waals surface area contributed by atoms with Gasteiger partial charge in [0.2, 0.25) is 0 Å². The van der Waals surface area contributed by atoms with Crippen LogP contribution in [0.5, 0.6) is 0 Å². The van der Waals surface area contributed by atoms with Crippen LogP contribution in [-0.4, -0.2) is 5.78 Å². The molecule has 126 valence electrons. The number of ketones is 1. The normalized spacial score (nSPS) is 11.9. The van der Waals surface area contributed by atoms with Gasteiger partial charge in [-0.05, 0) is 17.7 Å². The number of nitrogen functional groups attached to an aromatic ring is 1. The van der Waals surface area contributed by atoms with E-state index in [1.807, 2.05) is 78.9 Å². The number of rotatable bonds is 6. The van der Waals surface area contributed by atoms with Gasteiger partial charge in [0.05, 0.1) is 5.02 Å². The van der Waals surface area contributed by atoms with Crippen LogP contribution in [0.4, 0.5) is 5.69 Å². The van der Waals surface area contributed by atoms with E-state index in [-0.39, 0.29) is 11.0 Å². The van der Waals surface area contributed by atoms with Crippen LogP contribution >= 0.6 is 23.4 Å². The Labute approximate surface area is 157 Å². The zero-order valence-electron chi connectivity index (χ0n) is 13.6. The minimum Gasteiger partial charge on any atom is -0.398 e. The number of thioether (sulfide) groups is 1. The second-order valence-corrected chi connectivity index (χ2v) is 7.29. The third kappa shape index (κ3) is 4.44. The average molecular weight is 368 g/mol. The minimum atomic E-state index is -0.0592. The van der Waals surface area contributed by atoms with Gasteiger partial charge in [0.25, 0.3) is 0 Å². The second kappa shape index (κ2) is 8.24. The number of carbonyl (C=O) groups is 1. The van der Waals surface area contributed by atoms with Gasteiger partial charge >= 0.3 is 0 Å². The van der Waals surface area contributed by atoms with Crippen molar-refractivity contribution in [2.24, 2.45) is 0 Å². The van der Waals surface area contributed by atoms with Gasteiger partial charge in [0.15, 0.2) is 5.78 Å². The monoisotopic (exact) mass is 367 g/mol. The second-order valence-electron chi connectivity index (χ2n) is 5.67. The Balaban J connectivity index is 1.90. The summed E-state index contributed by atoms with van der Waals surface area (Å²) in [7, 11) is 0. The van der Waals surface area contributed by atoms with Crippen LogP contribution in [0, 0.1) is 0 Å². The Kier molecular flexibility index (Phi) is 5.79. The van der Waals surface area contributed by atoms with Crippen molar-refractivity contribution in [2.75, 3.05) is 5.73 Å². The molecule has 0 aliphatic heterocycles. The molecule has 0 radical (unpaired) electrons. The first kappa shape index (κ1) is 17.6. The van der Waals surface area contributed by atoms with Crippen LogP contribution < -0.4 is 5.73 Å². The number of hydrogen-bond donors (Lipinski definition) is 1. The van der Waals surface area contributed by atoms with E-state index in [2.05, 4.69) is 0 Å². The van der Waals surface area contributed by atoms with Gasteiger partial charge in [-0.2, -0.15) is 0 Å². The fourth-order valence-electron chi connectivity index (χ4n) is 2.60. The van der Waals surface area contributed by atoms with Crippen molar-refractivity contribution in [1.29, 1.82) is 0 Å². The summed E-state index contributed by atoms with van der Waals surface area (Å²) in [6.45, 7) is 0. The molecular weight excluding hydrogens is 350 g/mol. The standard InChI is InChI=1S/C21H18ClNOS/c22-17-12-7-13-18(23)21(17)25-20(16-10-5-2-6-11-16)14-19(24)15-8-3-1-4-9-15/h1-13,20H,14,23H2. The number of halogens is 1. The summed E-state index contributed by atoms with van der Waals surface area (Å²) in [6, 6.07) is 24.8. The number of hydrogen-bond acceptors (Lipinski definition) is 3. The first-order valence-electron chi connectivity index (χ1n) is 7.99. The minimum absolute atomic E-state index is 0.0592. The molecule has 0 aliphatic carbocycles. The molecule has 0 fully saturated rings. The molecule has 0 amide bonds. The van der Waals surface area contributed by atoms with Gasteiger partial charge in [0, 0.05) is 27.8 Å². The lowest BCUT2D eigenvalue weighted by molar-refractivity contribution is 0.0982. The zero-order valence-corrected chi connectivity index (χ0v) is 15.1. The SMILES string of the molecule is Nc1cccc(Cl)c1SC(CC(=O)c1ccccc1)c1ccccc1. The van der Waals surface area contributed by atoms with Crippen molar-refractivity contribution in [1.82, 2.24) is 0 Å². The largest absolute Gasteiger partial charge is 0.398 e. The fourth-order valence-corrected chi connectivity index (χ4v) is 4.11. The van der Waals surface area contributed by atoms with Gasteiger partial charge in [-0.1, -0.05) is 78.3 Å². The van der Waals surface area contributed by atoms with E-state index in [0.29, 0.717) is 17.1 Å². The van der Waals surface area contributed by atoms with E-state index in [4.69, 9.17) is 17.3 Å². The molecular formula is C21H18ClNOS. The average Bonchev–Trinajstić information content (AvgIpc) is 2.65. The lowest BCUT2D eigenvalue weighted by Gasteiger charge is -2.18. The van der Waals surface area contributed by atoms with Crippen molar-refractivity contribution in [3.05, 3.63) is 95.0 Å². The summed E-state index contributed by atoms with van der Waals surface area (Å²) >= 11 is 7.87. The van der Waals surface area contributed by atoms with Crippen LogP contribution in [0.15, 0.2) is 83.8 Å². The maximum Gasteiger partial charge on any atom is 0.164 e. The fraction of sp³-hybridized carbons (Fsp3) is 0.0952. The van der Waals surface area contributed by atoms with E-state index in [1.165, 1.54) is 0 Å². The molecule has 3 rings (SSSR count). The van der Waals surface area contributed by atoms with Gasteiger partial charge in [-0.15, -0.1) is 11.8 Å². The van der Waals surface area contributed by atoms with Crippen molar-refractivity contribution in [3.8, 4) is 0 Å². The number of carbonyl (C=O) groups excluding carboxylic acids is 1. The number of anilines is 1. The predicted octanol–water partition coefficient (Wildman–Crippen LogP) is 6.03. The van der Waals surface area contributed by atoms with Crippen molar-refractivity contribution in [3.63, 3.8) is 0 Å². The molecule has 3 aromatic rings. The Morgan fingerprint density at radius 1 is 0.920 bits per heavy atom. The molecule has 0 saturated heterocycles. The summed E-state index contributed by atoms with van der Waals surface area (Å²) in [6.07, 6.45) is 0.378. The molecule has 0 aromatic heterocycles. The Bertz CT molecular complexity index is 832. The first-order valence-corrected chi connectivity index (χ1v) is 9.25. The maximum atomic E-state index is 12.7. The van der Waals surface area contributed by atoms with Crippen molar-refractivity contribution in [2.45, 2.75) is 16.6 Å². The molecule has 0 saturated carbocycles. The van der Waals surface area contributed by atoms with Crippen LogP contribution in [0.25, 0.3) is 0 Å². The van der Waals surface area contributed by atoms with Crippen molar-refractivity contribution >= 4 is 34.8 Å². The molecule has 0 spiro atoms. The van der Waals surface area contributed by atoms with Crippen molar-refractivity contribution < 1.29 is 4.79 Å². The van der Waals surface area contributed by atoms with E-state index in [0.717, 1.165) is 16.0 Å². The molecule has 2 N–H and O–H groups in total. The van der Waals surface area contributed by atoms with Crippen LogP contribution in [0.1, 0.15) is 27.6 Å². The summed E-state index contributed by atoms with van der Waals surface area (Å²) in [5, 5.41) is 0.550. The van der Waals surface area contributed by atoms with Gasteiger partial charge < -0.3 is 5.73 Å². The quantitative estimate of drug-likeness (QED) is 0.328. The Morgan fingerprint density at radius 3 is 2.20 bits per heavy atom. The topological polar surface area (TPSA) is 43.1 Å². The molecule has 0 bridgehead atoms. The summed E-state index contributed by atoms with van der Waals surface area (Å²) in [5.41, 5.74) is 8.53. The molecule has 4 heteroatoms. The molecule has 25 heavy (non-hydrogen) atoms. The van der Waals surface area contributed by atoms with E-state index < -0.39 is 0 Å². The van der Waals surface area contributed by atoms with Gasteiger partial charge in [-0.3, -0.25) is 4.79 Å². The van der Waals surface area contributed by atoms with E-state index in [9.17, 15) is 4.79 Å². The smallest absolute Gasteiger partial charge is 0.164 e. The summed E-state index contributed by atoms with van der Waals surface area (Å²) in [4.78, 5) is 13.5. The summed E-state index contributed by atoms with van der Waals surface area (Å²) < 4.78 is 0. The Hall–Kier alpha value is -2.23. The zero-order chi connectivity index (χ0) is 17.6. The molecule has 0 aliphatic rings. The van der Waals surface area contributed by atoms with Crippen LogP contribution in [0.2, 0.25) is 5.02 Å². The van der Waals surface area contributed by atoms with Gasteiger partial charge in [-0.25, -0.2) is 0 Å². The maximum absolute atomic E-state index is 12.7. The molecule has 2 nitrogen and oxygen atoms in total. The molecule has 1 unspecified atom stereocenters. The van der Waals surface area contributed by atoms with Crippen LogP contribution in [-0.2, 0) is 0 Å². The summed E-state index contributed by atoms with van der Waals surface area (Å²) in [5.74, 6) is 0.104. The number of benzene rings is 3. The van der Waals surface area contributed by atoms with E-state index >= 15 is 0 Å².